The molecule has 0 radical (unpaired) electrons. The summed E-state index contributed by atoms with van der Waals surface area (Å²) in [7, 11) is 0. The van der Waals surface area contributed by atoms with Crippen LogP contribution in [0.5, 0.6) is 0 Å². The standard InChI is InChI=1S/C12H13F3N6O/c13-12(14,15)8-2-4-16-10(18-8)21-5-1-3-11(22,7-21)9-6-17-20-19-9/h2,4,6,22H,1,3,5,7H2,(H,17,19,20). The van der Waals surface area contributed by atoms with Crippen molar-refractivity contribution < 1.29 is 18.3 Å². The molecule has 1 saturated heterocycles. The number of aromatic amines is 1. The molecule has 0 spiro atoms. The number of nitrogens with zero attached hydrogens (tertiary/aromatic N) is 5. The first-order chi connectivity index (χ1) is 10.4. The highest BCUT2D eigenvalue weighted by atomic mass is 19.4. The third kappa shape index (κ3) is 2.73. The van der Waals surface area contributed by atoms with Gasteiger partial charge in [0.15, 0.2) is 0 Å². The van der Waals surface area contributed by atoms with E-state index < -0.39 is 17.5 Å². The van der Waals surface area contributed by atoms with Crippen molar-refractivity contribution in [2.24, 2.45) is 0 Å². The molecular formula is C12H13F3N6O. The molecule has 1 unspecified atom stereocenters. The van der Waals surface area contributed by atoms with E-state index in [1.54, 1.807) is 0 Å². The molecule has 0 bridgehead atoms. The monoisotopic (exact) mass is 314 g/mol. The lowest BCUT2D eigenvalue weighted by Crippen LogP contribution is -2.47. The van der Waals surface area contributed by atoms with Gasteiger partial charge >= 0.3 is 6.18 Å². The number of aliphatic hydroxyl groups is 1. The molecule has 3 rings (SSSR count). The Morgan fingerprint density at radius 1 is 1.36 bits per heavy atom. The van der Waals surface area contributed by atoms with E-state index in [0.717, 1.165) is 12.3 Å². The second-order valence-corrected chi connectivity index (χ2v) is 5.15. The molecule has 0 saturated carbocycles. The molecule has 2 aromatic heterocycles. The van der Waals surface area contributed by atoms with Crippen LogP contribution in [-0.2, 0) is 11.8 Å². The second-order valence-electron chi connectivity index (χ2n) is 5.15. The predicted molar refractivity (Wildman–Crippen MR) is 68.8 cm³/mol. The highest BCUT2D eigenvalue weighted by molar-refractivity contribution is 5.34. The molecule has 0 aromatic carbocycles. The average molecular weight is 314 g/mol. The normalized spacial score (nSPS) is 22.8. The summed E-state index contributed by atoms with van der Waals surface area (Å²) >= 11 is 0. The van der Waals surface area contributed by atoms with Gasteiger partial charge in [-0.05, 0) is 18.9 Å². The summed E-state index contributed by atoms with van der Waals surface area (Å²) in [6.45, 7) is 0.516. The van der Waals surface area contributed by atoms with Crippen LogP contribution >= 0.6 is 0 Å². The van der Waals surface area contributed by atoms with Gasteiger partial charge in [0.1, 0.15) is 17.0 Å². The van der Waals surface area contributed by atoms with Gasteiger partial charge in [0.2, 0.25) is 5.95 Å². The Morgan fingerprint density at radius 3 is 2.86 bits per heavy atom. The number of halogens is 3. The van der Waals surface area contributed by atoms with E-state index >= 15 is 0 Å². The molecule has 2 aromatic rings. The van der Waals surface area contributed by atoms with Gasteiger partial charge in [-0.15, -0.1) is 0 Å². The van der Waals surface area contributed by atoms with E-state index in [-0.39, 0.29) is 12.5 Å². The molecule has 0 amide bonds. The smallest absolute Gasteiger partial charge is 0.382 e. The molecule has 1 fully saturated rings. The SMILES string of the molecule is OC1(c2cn[nH]n2)CCCN(c2nccc(C(F)(F)F)n2)C1. The van der Waals surface area contributed by atoms with Crippen molar-refractivity contribution in [1.29, 1.82) is 0 Å². The van der Waals surface area contributed by atoms with Crippen LogP contribution in [0.25, 0.3) is 0 Å². The number of aromatic nitrogens is 5. The van der Waals surface area contributed by atoms with Crippen molar-refractivity contribution in [3.8, 4) is 0 Å². The number of anilines is 1. The first-order valence-corrected chi connectivity index (χ1v) is 6.62. The van der Waals surface area contributed by atoms with E-state index in [1.807, 2.05) is 0 Å². The predicted octanol–water partition coefficient (Wildman–Crippen LogP) is 1.10. The van der Waals surface area contributed by atoms with Gasteiger partial charge in [0, 0.05) is 12.7 Å². The van der Waals surface area contributed by atoms with Crippen LogP contribution in [0, 0.1) is 0 Å². The summed E-state index contributed by atoms with van der Waals surface area (Å²) in [5.41, 5.74) is -1.94. The molecule has 7 nitrogen and oxygen atoms in total. The van der Waals surface area contributed by atoms with Crippen LogP contribution in [0.4, 0.5) is 19.1 Å². The van der Waals surface area contributed by atoms with Gasteiger partial charge < -0.3 is 10.0 Å². The maximum absolute atomic E-state index is 12.7. The minimum Gasteiger partial charge on any atom is -0.382 e. The zero-order valence-corrected chi connectivity index (χ0v) is 11.4. The fourth-order valence-electron chi connectivity index (χ4n) is 2.50. The van der Waals surface area contributed by atoms with Gasteiger partial charge in [-0.2, -0.15) is 28.6 Å². The Hall–Kier alpha value is -2.23. The number of hydrogen-bond donors (Lipinski definition) is 2. The lowest BCUT2D eigenvalue weighted by atomic mass is 9.90. The third-order valence-electron chi connectivity index (χ3n) is 3.58. The zero-order chi connectivity index (χ0) is 15.8. The molecule has 1 atom stereocenters. The number of piperidine rings is 1. The van der Waals surface area contributed by atoms with Crippen LogP contribution in [-0.4, -0.2) is 43.6 Å². The van der Waals surface area contributed by atoms with E-state index in [0.29, 0.717) is 25.1 Å². The summed E-state index contributed by atoms with van der Waals surface area (Å²) in [5.74, 6) is -0.0588. The number of H-pyrrole nitrogens is 1. The van der Waals surface area contributed by atoms with Crippen LogP contribution in [0.2, 0.25) is 0 Å². The van der Waals surface area contributed by atoms with Crippen molar-refractivity contribution in [2.45, 2.75) is 24.6 Å². The number of hydrogen-bond acceptors (Lipinski definition) is 6. The van der Waals surface area contributed by atoms with E-state index in [1.165, 1.54) is 11.1 Å². The van der Waals surface area contributed by atoms with Crippen LogP contribution in [0.1, 0.15) is 24.2 Å². The molecule has 1 aliphatic rings. The molecule has 10 heteroatoms. The van der Waals surface area contributed by atoms with Gasteiger partial charge in [-0.3, -0.25) is 0 Å². The molecule has 118 valence electrons. The maximum atomic E-state index is 12.7. The highest BCUT2D eigenvalue weighted by Crippen LogP contribution is 2.32. The van der Waals surface area contributed by atoms with Crippen molar-refractivity contribution in [2.75, 3.05) is 18.0 Å². The third-order valence-corrected chi connectivity index (χ3v) is 3.58. The molecule has 22 heavy (non-hydrogen) atoms. The van der Waals surface area contributed by atoms with Crippen LogP contribution in [0.3, 0.4) is 0 Å². The Labute approximate surface area is 123 Å². The maximum Gasteiger partial charge on any atom is 0.433 e. The van der Waals surface area contributed by atoms with Crippen molar-refractivity contribution in [3.63, 3.8) is 0 Å². The summed E-state index contributed by atoms with van der Waals surface area (Å²) in [4.78, 5) is 8.95. The van der Waals surface area contributed by atoms with Crippen molar-refractivity contribution in [3.05, 3.63) is 29.8 Å². The Bertz CT molecular complexity index is 647. The molecule has 2 N–H and O–H groups in total. The minimum atomic E-state index is -4.53. The number of alkyl halides is 3. The molecule has 1 aliphatic heterocycles. The largest absolute Gasteiger partial charge is 0.433 e. The Kier molecular flexibility index (Phi) is 3.47. The van der Waals surface area contributed by atoms with Gasteiger partial charge in [0.05, 0.1) is 12.7 Å². The van der Waals surface area contributed by atoms with E-state index in [4.69, 9.17) is 0 Å². The number of rotatable bonds is 2. The fraction of sp³-hybridized carbons (Fsp3) is 0.500. The van der Waals surface area contributed by atoms with Crippen LogP contribution < -0.4 is 4.90 Å². The van der Waals surface area contributed by atoms with Crippen molar-refractivity contribution in [1.82, 2.24) is 25.4 Å². The minimum absolute atomic E-state index is 0.0564. The molecule has 0 aliphatic carbocycles. The summed E-state index contributed by atoms with van der Waals surface area (Å²) in [5, 5.41) is 20.6. The first-order valence-electron chi connectivity index (χ1n) is 6.62. The van der Waals surface area contributed by atoms with E-state index in [2.05, 4.69) is 25.4 Å². The lowest BCUT2D eigenvalue weighted by Gasteiger charge is -2.37. The average Bonchev–Trinajstić information content (AvgIpc) is 3.02. The van der Waals surface area contributed by atoms with E-state index in [9.17, 15) is 18.3 Å². The highest BCUT2D eigenvalue weighted by Gasteiger charge is 2.39. The number of β-amino-alcohol motifs (C(OH)–C–C–N with tert-alkyl or cyclic N) is 1. The summed E-state index contributed by atoms with van der Waals surface area (Å²) in [6, 6.07) is 0.817. The topological polar surface area (TPSA) is 90.8 Å². The van der Waals surface area contributed by atoms with Gasteiger partial charge in [-0.25, -0.2) is 9.97 Å². The number of nitrogens with one attached hydrogen (secondary N) is 1. The Balaban J connectivity index is 1.86. The molecule has 3 heterocycles. The summed E-state index contributed by atoms with van der Waals surface area (Å²) in [6.07, 6.45) is -1.06. The van der Waals surface area contributed by atoms with Crippen molar-refractivity contribution >= 4 is 5.95 Å². The Morgan fingerprint density at radius 2 is 2.18 bits per heavy atom. The second kappa shape index (κ2) is 5.20. The summed E-state index contributed by atoms with van der Waals surface area (Å²) < 4.78 is 38.2. The zero-order valence-electron chi connectivity index (χ0n) is 11.4. The quantitative estimate of drug-likeness (QED) is 0.862. The van der Waals surface area contributed by atoms with Crippen LogP contribution in [0.15, 0.2) is 18.5 Å². The van der Waals surface area contributed by atoms with Gasteiger partial charge in [0.25, 0.3) is 0 Å². The van der Waals surface area contributed by atoms with Gasteiger partial charge in [-0.1, -0.05) is 0 Å². The lowest BCUT2D eigenvalue weighted by molar-refractivity contribution is -0.141. The first kappa shape index (κ1) is 14.7. The molecular weight excluding hydrogens is 301 g/mol. The fourth-order valence-corrected chi connectivity index (χ4v) is 2.50.